The molecule has 5 heavy (non-hydrogen) atoms. The first-order chi connectivity index (χ1) is 2.27. The second-order valence-corrected chi connectivity index (χ2v) is 4.11. The summed E-state index contributed by atoms with van der Waals surface area (Å²) in [6.45, 7) is 0. The smallest absolute Gasteiger partial charge is 0.0769 e. The predicted octanol–water partition coefficient (Wildman–Crippen LogP) is 0.643. The summed E-state index contributed by atoms with van der Waals surface area (Å²) in [6, 6.07) is 0. The molecule has 3 heteroatoms. The molecule has 0 aromatic rings. The Kier molecular flexibility index (Phi) is 2.99. The van der Waals surface area contributed by atoms with Gasteiger partial charge in [-0.15, -0.1) is 0 Å². The molecule has 0 saturated carbocycles. The zero-order chi connectivity index (χ0) is 4.28. The van der Waals surface area contributed by atoms with Crippen molar-refractivity contribution in [3.63, 3.8) is 0 Å². The van der Waals surface area contributed by atoms with Crippen LogP contribution in [-0.4, -0.2) is 16.7 Å². The minimum absolute atomic E-state index is 0.656. The summed E-state index contributed by atoms with van der Waals surface area (Å²) < 4.78 is 9.89. The van der Waals surface area contributed by atoms with Gasteiger partial charge in [-0.3, -0.25) is 0 Å². The van der Waals surface area contributed by atoms with Gasteiger partial charge >= 0.3 is 0 Å². The Labute approximate surface area is 38.0 Å². The van der Waals surface area contributed by atoms with Crippen molar-refractivity contribution in [2.75, 3.05) is 12.5 Å². The van der Waals surface area contributed by atoms with Crippen LogP contribution in [0.3, 0.4) is 0 Å². The Morgan fingerprint density at radius 1 is 1.80 bits per heavy atom. The van der Waals surface area contributed by atoms with E-state index in [1.807, 2.05) is 6.26 Å². The molecular weight excluding hydrogens is 104 g/mol. The predicted molar refractivity (Wildman–Crippen MR) is 27.6 cm³/mol. The van der Waals surface area contributed by atoms with Crippen LogP contribution in [0.5, 0.6) is 0 Å². The molecule has 0 aromatic heterocycles. The molecule has 0 spiro atoms. The van der Waals surface area contributed by atoms with Crippen molar-refractivity contribution in [1.29, 1.82) is 0 Å². The molecule has 0 heterocycles. The Hall–Kier alpha value is 0.500. The molecule has 0 amide bonds. The van der Waals surface area contributed by atoms with E-state index in [0.717, 1.165) is 0 Å². The summed E-state index contributed by atoms with van der Waals surface area (Å²) >= 11 is 0. The van der Waals surface area contributed by atoms with Gasteiger partial charge in [0.1, 0.15) is 0 Å². The monoisotopic (exact) mass is 110 g/mol. The topological polar surface area (TPSA) is 17.1 Å². The lowest BCUT2D eigenvalue weighted by Gasteiger charge is -1.74. The maximum atomic E-state index is 9.89. The SMILES string of the molecule is CS[S@](C)=O. The molecule has 32 valence electrons. The van der Waals surface area contributed by atoms with Gasteiger partial charge < -0.3 is 0 Å². The zero-order valence-corrected chi connectivity index (χ0v) is 4.86. The van der Waals surface area contributed by atoms with Crippen molar-refractivity contribution >= 4 is 20.6 Å². The van der Waals surface area contributed by atoms with E-state index in [4.69, 9.17) is 0 Å². The molecule has 0 unspecified atom stereocenters. The molecule has 0 aromatic carbocycles. The average Bonchev–Trinajstić information content (AvgIpc) is 1.38. The van der Waals surface area contributed by atoms with E-state index in [1.165, 1.54) is 10.8 Å². The fourth-order valence-electron chi connectivity index (χ4n) is 0. The minimum Gasteiger partial charge on any atom is -0.248 e. The third kappa shape index (κ3) is 4.50. The van der Waals surface area contributed by atoms with Gasteiger partial charge in [-0.25, -0.2) is 4.21 Å². The molecule has 0 radical (unpaired) electrons. The van der Waals surface area contributed by atoms with Gasteiger partial charge in [0.05, 0.1) is 9.83 Å². The maximum absolute atomic E-state index is 9.89. The first-order valence-corrected chi connectivity index (χ1v) is 4.45. The third-order valence-corrected chi connectivity index (χ3v) is 2.11. The molecule has 0 N–H and O–H groups in total. The summed E-state index contributed by atoms with van der Waals surface area (Å²) in [6.07, 6.45) is 3.47. The second-order valence-electron chi connectivity index (χ2n) is 0.568. The molecular formula is C2H6OS2. The van der Waals surface area contributed by atoms with Crippen LogP contribution in [0.1, 0.15) is 0 Å². The van der Waals surface area contributed by atoms with Crippen LogP contribution in [0, 0.1) is 0 Å². The second kappa shape index (κ2) is 2.72. The van der Waals surface area contributed by atoms with E-state index in [0.29, 0.717) is 0 Å². The highest BCUT2D eigenvalue weighted by Gasteiger charge is 1.73. The van der Waals surface area contributed by atoms with E-state index in [9.17, 15) is 4.21 Å². The van der Waals surface area contributed by atoms with Gasteiger partial charge in [0, 0.05) is 6.26 Å². The third-order valence-electron chi connectivity index (χ3n) is 0.235. The maximum Gasteiger partial charge on any atom is 0.0769 e. The van der Waals surface area contributed by atoms with E-state index in [1.54, 1.807) is 6.26 Å². The van der Waals surface area contributed by atoms with Crippen LogP contribution in [0.4, 0.5) is 0 Å². The van der Waals surface area contributed by atoms with Gasteiger partial charge in [0.15, 0.2) is 0 Å². The highest BCUT2D eigenvalue weighted by atomic mass is 33.1. The molecule has 0 fully saturated rings. The van der Waals surface area contributed by atoms with Crippen LogP contribution in [0.15, 0.2) is 0 Å². The summed E-state index contributed by atoms with van der Waals surface area (Å²) in [4.78, 5) is 0. The van der Waals surface area contributed by atoms with Crippen molar-refractivity contribution < 1.29 is 4.21 Å². The van der Waals surface area contributed by atoms with Gasteiger partial charge in [-0.1, -0.05) is 10.8 Å². The van der Waals surface area contributed by atoms with Crippen LogP contribution >= 0.6 is 10.8 Å². The van der Waals surface area contributed by atoms with Gasteiger partial charge in [0.2, 0.25) is 0 Å². The first kappa shape index (κ1) is 5.50. The van der Waals surface area contributed by atoms with Crippen LogP contribution < -0.4 is 0 Å². The molecule has 0 aliphatic carbocycles. The normalized spacial score (nSPS) is 14.8. The van der Waals surface area contributed by atoms with Gasteiger partial charge in [-0.05, 0) is 6.26 Å². The lowest BCUT2D eigenvalue weighted by Crippen LogP contribution is -1.67. The van der Waals surface area contributed by atoms with Gasteiger partial charge in [0.25, 0.3) is 0 Å². The van der Waals surface area contributed by atoms with E-state index in [-0.39, 0.29) is 0 Å². The Bertz CT molecular complexity index is 42.9. The average molecular weight is 110 g/mol. The zero-order valence-electron chi connectivity index (χ0n) is 3.22. The highest BCUT2D eigenvalue weighted by Crippen LogP contribution is 1.93. The molecule has 0 saturated heterocycles. The quantitative estimate of drug-likeness (QED) is 0.461. The Morgan fingerprint density at radius 3 is 2.00 bits per heavy atom. The summed E-state index contributed by atoms with van der Waals surface area (Å²) in [5.41, 5.74) is 0. The van der Waals surface area contributed by atoms with E-state index in [2.05, 4.69) is 0 Å². The fourth-order valence-corrected chi connectivity index (χ4v) is 0. The standard InChI is InChI=1S/C2H6OS2/c1-4-5(2)3/h1-2H3/t5-/m1/s1. The minimum atomic E-state index is -0.656. The van der Waals surface area contributed by atoms with Crippen LogP contribution in [0.25, 0.3) is 0 Å². The van der Waals surface area contributed by atoms with Crippen molar-refractivity contribution in [3.05, 3.63) is 0 Å². The fraction of sp³-hybridized carbons (Fsp3) is 1.00. The van der Waals surface area contributed by atoms with Crippen LogP contribution in [-0.2, 0) is 9.83 Å². The largest absolute Gasteiger partial charge is 0.248 e. The van der Waals surface area contributed by atoms with Crippen molar-refractivity contribution in [1.82, 2.24) is 0 Å². The number of rotatable bonds is 1. The number of hydrogen-bond acceptors (Lipinski definition) is 2. The lowest BCUT2D eigenvalue weighted by atomic mass is 12.0. The van der Waals surface area contributed by atoms with E-state index >= 15 is 0 Å². The van der Waals surface area contributed by atoms with Gasteiger partial charge in [-0.2, -0.15) is 0 Å². The molecule has 0 bridgehead atoms. The summed E-state index contributed by atoms with van der Waals surface area (Å²) in [5.74, 6) is 0. The molecule has 1 atom stereocenters. The Balaban J connectivity index is 2.85. The van der Waals surface area contributed by atoms with Crippen molar-refractivity contribution in [3.8, 4) is 0 Å². The van der Waals surface area contributed by atoms with Crippen molar-refractivity contribution in [2.45, 2.75) is 0 Å². The summed E-state index contributed by atoms with van der Waals surface area (Å²) in [7, 11) is 0.696. The molecule has 0 aliphatic heterocycles. The lowest BCUT2D eigenvalue weighted by molar-refractivity contribution is 0.695. The molecule has 0 rings (SSSR count). The molecule has 0 aliphatic rings. The van der Waals surface area contributed by atoms with E-state index < -0.39 is 9.83 Å². The highest BCUT2D eigenvalue weighted by molar-refractivity contribution is 8.68. The van der Waals surface area contributed by atoms with Crippen LogP contribution in [0.2, 0.25) is 0 Å². The Morgan fingerprint density at radius 2 is 2.00 bits per heavy atom. The summed E-state index contributed by atoms with van der Waals surface area (Å²) in [5, 5.41) is 0. The molecule has 1 nitrogen and oxygen atoms in total. The first-order valence-electron chi connectivity index (χ1n) is 1.15. The number of hydrogen-bond donors (Lipinski definition) is 0. The van der Waals surface area contributed by atoms with Crippen molar-refractivity contribution in [2.24, 2.45) is 0 Å².